The number of methoxy groups -OCH3 is 2. The van der Waals surface area contributed by atoms with Crippen molar-refractivity contribution in [3.05, 3.63) is 101 Å². The molecule has 0 unspecified atom stereocenters. The van der Waals surface area contributed by atoms with Crippen molar-refractivity contribution in [1.82, 2.24) is 25.1 Å². The highest BCUT2D eigenvalue weighted by atomic mass is 16.5. The van der Waals surface area contributed by atoms with Crippen LogP contribution in [-0.4, -0.2) is 59.0 Å². The second-order valence-electron chi connectivity index (χ2n) is 12.0. The van der Waals surface area contributed by atoms with E-state index < -0.39 is 0 Å². The summed E-state index contributed by atoms with van der Waals surface area (Å²) in [5, 5.41) is 8.09. The van der Waals surface area contributed by atoms with Gasteiger partial charge in [-0.15, -0.1) is 0 Å². The molecule has 2 aromatic heterocycles. The molecule has 1 aliphatic heterocycles. The number of ether oxygens (including phenoxy) is 3. The Bertz CT molecular complexity index is 1630. The summed E-state index contributed by atoms with van der Waals surface area (Å²) in [7, 11) is 3.36. The van der Waals surface area contributed by atoms with E-state index in [4.69, 9.17) is 29.3 Å². The first-order valence-corrected chi connectivity index (χ1v) is 16.3. The van der Waals surface area contributed by atoms with Crippen LogP contribution in [0, 0.1) is 0 Å². The molecule has 0 bridgehead atoms. The minimum atomic E-state index is 0.369. The number of aromatic nitrogens is 4. The number of likely N-dealkylation sites (tertiary alicyclic amines) is 1. The number of anilines is 1. The van der Waals surface area contributed by atoms with Gasteiger partial charge in [-0.1, -0.05) is 61.9 Å². The minimum Gasteiger partial charge on any atom is -0.497 e. The molecule has 1 saturated heterocycles. The van der Waals surface area contributed by atoms with Crippen molar-refractivity contribution < 1.29 is 14.2 Å². The molecule has 0 radical (unpaired) electrons. The largest absolute Gasteiger partial charge is 0.497 e. The smallest absolute Gasteiger partial charge is 0.319 e. The summed E-state index contributed by atoms with van der Waals surface area (Å²) >= 11 is 0. The number of hydrogen-bond acceptors (Lipinski definition) is 8. The number of nitrogens with one attached hydrogen (secondary N) is 1. The number of hydrogen-bond donors (Lipinski definition) is 1. The third kappa shape index (κ3) is 7.77. The molecule has 0 aliphatic carbocycles. The quantitative estimate of drug-likeness (QED) is 0.126. The number of unbranched alkanes of at least 4 members (excludes halogenated alkanes) is 1. The predicted octanol–water partition coefficient (Wildman–Crippen LogP) is 6.94. The molecule has 9 heteroatoms. The third-order valence-electron chi connectivity index (χ3n) is 8.54. The molecular weight excluding hydrogens is 576 g/mol. The van der Waals surface area contributed by atoms with Gasteiger partial charge in [0.2, 0.25) is 0 Å². The maximum Gasteiger partial charge on any atom is 0.319 e. The number of benzene rings is 3. The van der Waals surface area contributed by atoms with E-state index in [1.807, 2.05) is 24.3 Å². The maximum atomic E-state index is 6.13. The highest BCUT2D eigenvalue weighted by Gasteiger charge is 2.21. The molecule has 1 fully saturated rings. The number of fused-ring (bicyclic) bond motifs is 1. The molecule has 0 spiro atoms. The predicted molar refractivity (Wildman–Crippen MR) is 182 cm³/mol. The van der Waals surface area contributed by atoms with E-state index in [1.165, 1.54) is 37.1 Å². The average Bonchev–Trinajstić information content (AvgIpc) is 3.76. The van der Waals surface area contributed by atoms with Crippen LogP contribution in [0.2, 0.25) is 0 Å². The molecule has 1 N–H and O–H groups in total. The molecular formula is C37H44N6O3. The fourth-order valence-electron chi connectivity index (χ4n) is 5.90. The molecule has 9 nitrogen and oxygen atoms in total. The Labute approximate surface area is 271 Å². The second kappa shape index (κ2) is 15.1. The van der Waals surface area contributed by atoms with Crippen molar-refractivity contribution in [2.24, 2.45) is 0 Å². The van der Waals surface area contributed by atoms with E-state index in [0.29, 0.717) is 32.1 Å². The van der Waals surface area contributed by atoms with Gasteiger partial charge in [0.25, 0.3) is 0 Å². The lowest BCUT2D eigenvalue weighted by Crippen LogP contribution is -2.24. The fraction of sp³-hybridized carbons (Fsp3) is 0.378. The molecule has 46 heavy (non-hydrogen) atoms. The van der Waals surface area contributed by atoms with Crippen LogP contribution in [0.15, 0.2) is 72.8 Å². The fourth-order valence-corrected chi connectivity index (χ4v) is 5.90. The normalized spacial score (nSPS) is 13.3. The van der Waals surface area contributed by atoms with Gasteiger partial charge in [-0.25, -0.2) is 0 Å². The highest BCUT2D eigenvalue weighted by molar-refractivity contribution is 5.88. The zero-order chi connectivity index (χ0) is 31.7. The molecule has 3 aromatic carbocycles. The van der Waals surface area contributed by atoms with E-state index in [2.05, 4.69) is 70.4 Å². The first-order valence-electron chi connectivity index (χ1n) is 16.3. The minimum absolute atomic E-state index is 0.369. The first-order chi connectivity index (χ1) is 22.6. The molecule has 3 heterocycles. The first kappa shape index (κ1) is 31.4. The van der Waals surface area contributed by atoms with Gasteiger partial charge in [-0.3, -0.25) is 10.00 Å². The van der Waals surface area contributed by atoms with E-state index in [1.54, 1.807) is 14.2 Å². The van der Waals surface area contributed by atoms with E-state index >= 15 is 0 Å². The van der Waals surface area contributed by atoms with Gasteiger partial charge >= 0.3 is 6.01 Å². The van der Waals surface area contributed by atoms with Gasteiger partial charge in [0.15, 0.2) is 5.82 Å². The van der Waals surface area contributed by atoms with E-state index in [9.17, 15) is 0 Å². The standard InChI is InChI=1S/C37H44N6O3/c1-4-5-22-46-37-38-34-33(23-27-8-10-28(11-9-27)24-42-20-6-7-21-42)40-41-35(34)36(39-37)43(25-29-12-16-31(44-2)17-13-29)26-30-14-18-32(45-3)19-15-30/h8-19H,4-7,20-26H2,1-3H3,(H,40,41). The number of nitrogens with zero attached hydrogens (tertiary/aromatic N) is 5. The molecule has 0 saturated carbocycles. The summed E-state index contributed by atoms with van der Waals surface area (Å²) in [6.45, 7) is 7.34. The van der Waals surface area contributed by atoms with Crippen LogP contribution in [0.4, 0.5) is 5.82 Å². The third-order valence-corrected chi connectivity index (χ3v) is 8.54. The van der Waals surface area contributed by atoms with Crippen molar-refractivity contribution in [3.63, 3.8) is 0 Å². The Hall–Kier alpha value is -4.63. The van der Waals surface area contributed by atoms with Gasteiger partial charge in [-0.05, 0) is 78.9 Å². The lowest BCUT2D eigenvalue weighted by Gasteiger charge is -2.25. The number of aromatic amines is 1. The maximum absolute atomic E-state index is 6.13. The van der Waals surface area contributed by atoms with E-state index in [-0.39, 0.29) is 0 Å². The summed E-state index contributed by atoms with van der Waals surface area (Å²) in [5.74, 6) is 2.40. The SMILES string of the molecule is CCCCOc1nc(N(Cc2ccc(OC)cc2)Cc2ccc(OC)cc2)c2[nH]nc(Cc3ccc(CN4CCCC4)cc3)c2n1. The van der Waals surface area contributed by atoms with Crippen molar-refractivity contribution >= 4 is 16.9 Å². The average molecular weight is 621 g/mol. The van der Waals surface area contributed by atoms with Crippen LogP contribution in [0.5, 0.6) is 17.5 Å². The Kier molecular flexibility index (Phi) is 10.3. The molecule has 1 aliphatic rings. The second-order valence-corrected chi connectivity index (χ2v) is 12.0. The molecule has 0 atom stereocenters. The van der Waals surface area contributed by atoms with Crippen LogP contribution in [0.1, 0.15) is 60.6 Å². The van der Waals surface area contributed by atoms with Crippen molar-refractivity contribution in [3.8, 4) is 17.5 Å². The van der Waals surface area contributed by atoms with Crippen molar-refractivity contribution in [2.45, 2.75) is 58.7 Å². The van der Waals surface area contributed by atoms with Crippen LogP contribution < -0.4 is 19.1 Å². The van der Waals surface area contributed by atoms with Crippen molar-refractivity contribution in [2.75, 3.05) is 38.8 Å². The molecule has 6 rings (SSSR count). The molecule has 0 amide bonds. The van der Waals surface area contributed by atoms with Gasteiger partial charge in [0, 0.05) is 26.1 Å². The van der Waals surface area contributed by atoms with Gasteiger partial charge in [-0.2, -0.15) is 15.1 Å². The summed E-state index contributed by atoms with van der Waals surface area (Å²) in [4.78, 5) is 14.7. The molecule has 240 valence electrons. The van der Waals surface area contributed by atoms with Gasteiger partial charge < -0.3 is 19.1 Å². The zero-order valence-corrected chi connectivity index (χ0v) is 27.2. The summed E-state index contributed by atoms with van der Waals surface area (Å²) in [5.41, 5.74) is 7.26. The van der Waals surface area contributed by atoms with Crippen LogP contribution in [-0.2, 0) is 26.1 Å². The Balaban J connectivity index is 1.34. The number of H-pyrrole nitrogens is 1. The molecule has 5 aromatic rings. The van der Waals surface area contributed by atoms with Crippen LogP contribution >= 0.6 is 0 Å². The summed E-state index contributed by atoms with van der Waals surface area (Å²) in [6.07, 6.45) is 5.22. The zero-order valence-electron chi connectivity index (χ0n) is 27.2. The Morgan fingerprint density at radius 1 is 0.761 bits per heavy atom. The Morgan fingerprint density at radius 2 is 1.35 bits per heavy atom. The van der Waals surface area contributed by atoms with Gasteiger partial charge in [0.1, 0.15) is 22.5 Å². The Morgan fingerprint density at radius 3 is 1.93 bits per heavy atom. The summed E-state index contributed by atoms with van der Waals surface area (Å²) < 4.78 is 16.9. The number of rotatable bonds is 15. The lowest BCUT2D eigenvalue weighted by molar-refractivity contribution is 0.286. The van der Waals surface area contributed by atoms with Gasteiger partial charge in [0.05, 0.1) is 26.5 Å². The van der Waals surface area contributed by atoms with Crippen LogP contribution in [0.3, 0.4) is 0 Å². The highest BCUT2D eigenvalue weighted by Crippen LogP contribution is 2.31. The van der Waals surface area contributed by atoms with E-state index in [0.717, 1.165) is 64.6 Å². The summed E-state index contributed by atoms with van der Waals surface area (Å²) in [6, 6.07) is 25.6. The topological polar surface area (TPSA) is 88.6 Å². The lowest BCUT2D eigenvalue weighted by atomic mass is 10.1. The van der Waals surface area contributed by atoms with Crippen molar-refractivity contribution in [1.29, 1.82) is 0 Å². The van der Waals surface area contributed by atoms with Crippen LogP contribution in [0.25, 0.3) is 11.0 Å². The monoisotopic (exact) mass is 620 g/mol.